The number of pyridine rings is 2. The molecule has 0 bridgehead atoms. The summed E-state index contributed by atoms with van der Waals surface area (Å²) in [4.78, 5) is 19.7. The zero-order valence-corrected chi connectivity index (χ0v) is 15.6. The van der Waals surface area contributed by atoms with Gasteiger partial charge in [0.1, 0.15) is 23.5 Å². The van der Waals surface area contributed by atoms with Gasteiger partial charge in [-0.25, -0.2) is 9.97 Å². The van der Waals surface area contributed by atoms with E-state index in [0.717, 1.165) is 22.9 Å². The molecule has 28 heavy (non-hydrogen) atoms. The topological polar surface area (TPSA) is 85.6 Å². The lowest BCUT2D eigenvalue weighted by atomic mass is 10.2. The fourth-order valence-electron chi connectivity index (χ4n) is 2.27. The van der Waals surface area contributed by atoms with Gasteiger partial charge in [-0.2, -0.15) is 13.2 Å². The Morgan fingerprint density at radius 1 is 1.29 bits per heavy atom. The van der Waals surface area contributed by atoms with Crippen LogP contribution in [0.15, 0.2) is 48.0 Å². The molecule has 0 radical (unpaired) electrons. The lowest BCUT2D eigenvalue weighted by Crippen LogP contribution is -2.17. The van der Waals surface area contributed by atoms with Gasteiger partial charge < -0.3 is 9.88 Å². The number of anilines is 1. The Morgan fingerprint density at radius 2 is 2.07 bits per heavy atom. The fraction of sp³-hybridized carbons (Fsp3) is 0.235. The molecule has 1 atom stereocenters. The van der Waals surface area contributed by atoms with E-state index in [9.17, 15) is 18.0 Å². The SMILES string of the molecule is C[C@@H](Sc1nncn1C)c1ccnc(NC(=O)c2cccc(C(F)(F)F)n2)c1. The maximum atomic E-state index is 12.8. The molecular weight excluding hydrogens is 393 g/mol. The van der Waals surface area contributed by atoms with Gasteiger partial charge in [-0.15, -0.1) is 10.2 Å². The second-order valence-corrected chi connectivity index (χ2v) is 7.13. The van der Waals surface area contributed by atoms with E-state index in [1.165, 1.54) is 24.0 Å². The molecule has 0 aliphatic heterocycles. The maximum Gasteiger partial charge on any atom is 0.433 e. The number of amides is 1. The van der Waals surface area contributed by atoms with Crippen LogP contribution in [0.25, 0.3) is 0 Å². The molecule has 0 aliphatic rings. The first-order chi connectivity index (χ1) is 13.2. The van der Waals surface area contributed by atoms with E-state index in [-0.39, 0.29) is 16.8 Å². The third-order valence-corrected chi connectivity index (χ3v) is 4.93. The minimum atomic E-state index is -4.62. The van der Waals surface area contributed by atoms with E-state index in [1.54, 1.807) is 23.0 Å². The van der Waals surface area contributed by atoms with Gasteiger partial charge in [-0.05, 0) is 36.8 Å². The van der Waals surface area contributed by atoms with Crippen molar-refractivity contribution in [3.8, 4) is 0 Å². The number of rotatable bonds is 5. The Labute approximate surface area is 162 Å². The Hall–Kier alpha value is -2.95. The van der Waals surface area contributed by atoms with Gasteiger partial charge in [0.2, 0.25) is 0 Å². The van der Waals surface area contributed by atoms with E-state index in [4.69, 9.17) is 0 Å². The first kappa shape index (κ1) is 19.8. The number of carbonyl (C=O) groups is 1. The van der Waals surface area contributed by atoms with Crippen LogP contribution in [0.1, 0.15) is 33.9 Å². The van der Waals surface area contributed by atoms with Gasteiger partial charge in [-0.1, -0.05) is 17.8 Å². The molecule has 0 saturated heterocycles. The molecule has 146 valence electrons. The highest BCUT2D eigenvalue weighted by Crippen LogP contribution is 2.33. The van der Waals surface area contributed by atoms with Gasteiger partial charge in [0, 0.05) is 18.5 Å². The fourth-order valence-corrected chi connectivity index (χ4v) is 3.18. The van der Waals surface area contributed by atoms with Gasteiger partial charge in [0.15, 0.2) is 5.16 Å². The number of hydrogen-bond donors (Lipinski definition) is 1. The summed E-state index contributed by atoms with van der Waals surface area (Å²) < 4.78 is 40.1. The van der Waals surface area contributed by atoms with Crippen LogP contribution >= 0.6 is 11.8 Å². The Morgan fingerprint density at radius 3 is 2.75 bits per heavy atom. The molecule has 7 nitrogen and oxygen atoms in total. The average Bonchev–Trinajstić information content (AvgIpc) is 3.06. The van der Waals surface area contributed by atoms with Crippen molar-refractivity contribution in [2.24, 2.45) is 7.05 Å². The predicted octanol–water partition coefficient (Wildman–Crippen LogP) is 3.73. The number of aryl methyl sites for hydroxylation is 1. The largest absolute Gasteiger partial charge is 0.433 e. The van der Waals surface area contributed by atoms with Gasteiger partial charge in [-0.3, -0.25) is 4.79 Å². The first-order valence-electron chi connectivity index (χ1n) is 8.06. The molecule has 1 N–H and O–H groups in total. The Bertz CT molecular complexity index is 991. The summed E-state index contributed by atoms with van der Waals surface area (Å²) in [5, 5.41) is 11.0. The summed E-state index contributed by atoms with van der Waals surface area (Å²) in [6.45, 7) is 1.95. The van der Waals surface area contributed by atoms with Crippen LogP contribution in [0.4, 0.5) is 19.0 Å². The summed E-state index contributed by atoms with van der Waals surface area (Å²) in [7, 11) is 1.83. The summed E-state index contributed by atoms with van der Waals surface area (Å²) in [6.07, 6.45) is -1.52. The third kappa shape index (κ3) is 4.66. The zero-order valence-electron chi connectivity index (χ0n) is 14.8. The number of hydrogen-bond acceptors (Lipinski definition) is 6. The number of nitrogens with one attached hydrogen (secondary N) is 1. The standard InChI is InChI=1S/C17H15F3N6OS/c1-10(28-16-25-22-9-26(16)2)11-6-7-21-14(8-11)24-15(27)12-4-3-5-13(23-12)17(18,19)20/h3-10H,1-2H3,(H,21,24,27)/t10-/m1/s1. The molecule has 11 heteroatoms. The van der Waals surface area contributed by atoms with Crippen LogP contribution in [0.3, 0.4) is 0 Å². The van der Waals surface area contributed by atoms with Crippen molar-refractivity contribution in [1.29, 1.82) is 0 Å². The van der Waals surface area contributed by atoms with E-state index < -0.39 is 17.8 Å². The molecule has 0 saturated carbocycles. The zero-order chi connectivity index (χ0) is 20.3. The van der Waals surface area contributed by atoms with Gasteiger partial charge in [0.25, 0.3) is 5.91 Å². The molecule has 0 aromatic carbocycles. The van der Waals surface area contributed by atoms with Crippen molar-refractivity contribution in [3.63, 3.8) is 0 Å². The number of nitrogens with zero attached hydrogens (tertiary/aromatic N) is 5. The lowest BCUT2D eigenvalue weighted by Gasteiger charge is -2.12. The van der Waals surface area contributed by atoms with Crippen molar-refractivity contribution >= 4 is 23.5 Å². The van der Waals surface area contributed by atoms with Crippen LogP contribution in [0, 0.1) is 0 Å². The smallest absolute Gasteiger partial charge is 0.312 e. The van der Waals surface area contributed by atoms with Crippen molar-refractivity contribution in [3.05, 3.63) is 59.8 Å². The third-order valence-electron chi connectivity index (χ3n) is 3.72. The highest BCUT2D eigenvalue weighted by atomic mass is 32.2. The Balaban J connectivity index is 1.74. The second-order valence-electron chi connectivity index (χ2n) is 5.82. The van der Waals surface area contributed by atoms with Crippen LogP contribution in [0.5, 0.6) is 0 Å². The summed E-state index contributed by atoms with van der Waals surface area (Å²) >= 11 is 1.47. The molecule has 0 unspecified atom stereocenters. The maximum absolute atomic E-state index is 12.8. The summed E-state index contributed by atoms with van der Waals surface area (Å²) in [5.41, 5.74) is -0.616. The normalized spacial score (nSPS) is 12.6. The monoisotopic (exact) mass is 408 g/mol. The molecule has 3 aromatic rings. The van der Waals surface area contributed by atoms with Crippen LogP contribution in [-0.4, -0.2) is 30.6 Å². The van der Waals surface area contributed by atoms with Crippen molar-refractivity contribution in [2.75, 3.05) is 5.32 Å². The van der Waals surface area contributed by atoms with Crippen molar-refractivity contribution in [2.45, 2.75) is 23.5 Å². The molecule has 3 rings (SSSR count). The van der Waals surface area contributed by atoms with Crippen molar-refractivity contribution in [1.82, 2.24) is 24.7 Å². The van der Waals surface area contributed by atoms with Gasteiger partial charge in [0.05, 0.1) is 0 Å². The van der Waals surface area contributed by atoms with E-state index in [0.29, 0.717) is 0 Å². The summed E-state index contributed by atoms with van der Waals surface area (Å²) in [6, 6.07) is 6.59. The number of halogens is 3. The molecule has 1 amide bonds. The molecule has 3 heterocycles. The van der Waals surface area contributed by atoms with E-state index in [2.05, 4.69) is 25.5 Å². The Kier molecular flexibility index (Phi) is 5.63. The van der Waals surface area contributed by atoms with Crippen LogP contribution < -0.4 is 5.32 Å². The van der Waals surface area contributed by atoms with Crippen LogP contribution in [0.2, 0.25) is 0 Å². The second kappa shape index (κ2) is 7.97. The number of alkyl halides is 3. The summed E-state index contributed by atoms with van der Waals surface area (Å²) in [5.74, 6) is -0.559. The number of carbonyl (C=O) groups excluding carboxylic acids is 1. The molecule has 3 aromatic heterocycles. The molecule has 0 spiro atoms. The van der Waals surface area contributed by atoms with E-state index in [1.807, 2.05) is 14.0 Å². The molecule has 0 aliphatic carbocycles. The first-order valence-corrected chi connectivity index (χ1v) is 8.94. The highest BCUT2D eigenvalue weighted by molar-refractivity contribution is 7.99. The minimum Gasteiger partial charge on any atom is -0.312 e. The average molecular weight is 408 g/mol. The quantitative estimate of drug-likeness (QED) is 0.648. The van der Waals surface area contributed by atoms with Gasteiger partial charge >= 0.3 is 6.18 Å². The molecule has 0 fully saturated rings. The van der Waals surface area contributed by atoms with Crippen molar-refractivity contribution < 1.29 is 18.0 Å². The van der Waals surface area contributed by atoms with Crippen LogP contribution in [-0.2, 0) is 13.2 Å². The van der Waals surface area contributed by atoms with E-state index >= 15 is 0 Å². The number of aromatic nitrogens is 5. The number of thioether (sulfide) groups is 1. The highest BCUT2D eigenvalue weighted by Gasteiger charge is 2.33. The minimum absolute atomic E-state index is 0.0202. The lowest BCUT2D eigenvalue weighted by molar-refractivity contribution is -0.141. The molecular formula is C17H15F3N6OS. The predicted molar refractivity (Wildman–Crippen MR) is 96.7 cm³/mol.